The van der Waals surface area contributed by atoms with Gasteiger partial charge in [0.15, 0.2) is 0 Å². The number of hydrogen-bond donors (Lipinski definition) is 1. The molecule has 0 aromatic rings. The maximum Gasteiger partial charge on any atom is 0.0618 e. The van der Waals surface area contributed by atoms with E-state index in [4.69, 9.17) is 4.74 Å². The molecule has 1 saturated heterocycles. The summed E-state index contributed by atoms with van der Waals surface area (Å²) < 4.78 is 5.13. The highest BCUT2D eigenvalue weighted by molar-refractivity contribution is 7.80. The Balaban J connectivity index is 2.37. The third-order valence-electron chi connectivity index (χ3n) is 2.26. The van der Waals surface area contributed by atoms with Crippen LogP contribution in [0.2, 0.25) is 0 Å². The average molecular weight is 175 g/mol. The second-order valence-electron chi connectivity index (χ2n) is 3.12. The molecule has 1 heterocycles. The van der Waals surface area contributed by atoms with Crippen molar-refractivity contribution in [3.05, 3.63) is 0 Å². The van der Waals surface area contributed by atoms with Crippen molar-refractivity contribution >= 4 is 12.6 Å². The van der Waals surface area contributed by atoms with E-state index in [1.807, 2.05) is 0 Å². The van der Waals surface area contributed by atoms with E-state index in [-0.39, 0.29) is 0 Å². The van der Waals surface area contributed by atoms with Gasteiger partial charge in [-0.15, -0.1) is 0 Å². The van der Waals surface area contributed by atoms with Crippen molar-refractivity contribution in [3.63, 3.8) is 0 Å². The summed E-state index contributed by atoms with van der Waals surface area (Å²) in [5.74, 6) is 0. The Kier molecular flexibility index (Phi) is 3.69. The van der Waals surface area contributed by atoms with Gasteiger partial charge in [0.25, 0.3) is 0 Å². The molecule has 1 rings (SSSR count). The van der Waals surface area contributed by atoms with Gasteiger partial charge in [0, 0.05) is 13.2 Å². The Hall–Kier alpha value is 0.270. The zero-order valence-electron chi connectivity index (χ0n) is 7.29. The number of rotatable bonds is 3. The topological polar surface area (TPSA) is 12.5 Å². The van der Waals surface area contributed by atoms with Gasteiger partial charge in [-0.1, -0.05) is 0 Å². The van der Waals surface area contributed by atoms with Crippen LogP contribution >= 0.6 is 12.6 Å². The number of hydrogen-bond acceptors (Lipinski definition) is 3. The van der Waals surface area contributed by atoms with Crippen molar-refractivity contribution in [1.82, 2.24) is 4.90 Å². The summed E-state index contributed by atoms with van der Waals surface area (Å²) in [7, 11) is 1.76. The van der Waals surface area contributed by atoms with Crippen molar-refractivity contribution in [2.45, 2.75) is 31.2 Å². The Morgan fingerprint density at radius 1 is 1.73 bits per heavy atom. The maximum absolute atomic E-state index is 5.13. The highest BCUT2D eigenvalue weighted by Crippen LogP contribution is 2.21. The summed E-state index contributed by atoms with van der Waals surface area (Å²) in [4.78, 5) is 2.40. The van der Waals surface area contributed by atoms with Crippen molar-refractivity contribution in [3.8, 4) is 0 Å². The molecule has 0 N–H and O–H groups in total. The fourth-order valence-corrected chi connectivity index (χ4v) is 2.03. The predicted octanol–water partition coefficient (Wildman–Crippen LogP) is 1.37. The molecule has 0 unspecified atom stereocenters. The molecule has 0 radical (unpaired) electrons. The lowest BCUT2D eigenvalue weighted by atomic mass is 10.2. The van der Waals surface area contributed by atoms with Crippen LogP contribution in [-0.4, -0.2) is 36.6 Å². The molecule has 0 aromatic carbocycles. The SMILES string of the molecule is COC[C@@H]1CCCN1[C@H](C)S. The normalized spacial score (nSPS) is 29.2. The average Bonchev–Trinajstić information content (AvgIpc) is 2.36. The van der Waals surface area contributed by atoms with Gasteiger partial charge >= 0.3 is 0 Å². The third kappa shape index (κ3) is 2.36. The van der Waals surface area contributed by atoms with Crippen LogP contribution in [0.25, 0.3) is 0 Å². The minimum atomic E-state index is 0.373. The van der Waals surface area contributed by atoms with Gasteiger partial charge in [0.1, 0.15) is 0 Å². The quantitative estimate of drug-likeness (QED) is 0.650. The molecule has 0 aliphatic carbocycles. The summed E-state index contributed by atoms with van der Waals surface area (Å²) in [6.45, 7) is 4.15. The van der Waals surface area contributed by atoms with E-state index in [2.05, 4.69) is 24.5 Å². The van der Waals surface area contributed by atoms with Crippen LogP contribution in [0.4, 0.5) is 0 Å². The Morgan fingerprint density at radius 3 is 3.00 bits per heavy atom. The van der Waals surface area contributed by atoms with E-state index in [0.717, 1.165) is 6.61 Å². The van der Waals surface area contributed by atoms with Gasteiger partial charge in [0.2, 0.25) is 0 Å². The molecule has 1 aliphatic heterocycles. The molecule has 66 valence electrons. The van der Waals surface area contributed by atoms with Gasteiger partial charge in [-0.25, -0.2) is 0 Å². The summed E-state index contributed by atoms with van der Waals surface area (Å²) in [6.07, 6.45) is 2.55. The lowest BCUT2D eigenvalue weighted by molar-refractivity contribution is 0.113. The van der Waals surface area contributed by atoms with E-state index in [9.17, 15) is 0 Å². The largest absolute Gasteiger partial charge is 0.383 e. The summed E-state index contributed by atoms with van der Waals surface area (Å²) in [5.41, 5.74) is 0. The van der Waals surface area contributed by atoms with Crippen LogP contribution in [0, 0.1) is 0 Å². The van der Waals surface area contributed by atoms with E-state index in [1.54, 1.807) is 7.11 Å². The highest BCUT2D eigenvalue weighted by atomic mass is 32.1. The molecule has 1 fully saturated rings. The van der Waals surface area contributed by atoms with E-state index in [1.165, 1.54) is 19.4 Å². The van der Waals surface area contributed by atoms with Crippen molar-refractivity contribution in [1.29, 1.82) is 0 Å². The minimum Gasteiger partial charge on any atom is -0.383 e. The van der Waals surface area contributed by atoms with Crippen LogP contribution in [0.3, 0.4) is 0 Å². The molecule has 1 aliphatic rings. The molecular formula is C8H17NOS. The second kappa shape index (κ2) is 4.33. The van der Waals surface area contributed by atoms with Crippen LogP contribution in [0.1, 0.15) is 19.8 Å². The monoisotopic (exact) mass is 175 g/mol. The molecule has 11 heavy (non-hydrogen) atoms. The molecule has 0 bridgehead atoms. The van der Waals surface area contributed by atoms with Gasteiger partial charge < -0.3 is 4.74 Å². The van der Waals surface area contributed by atoms with E-state index < -0.39 is 0 Å². The number of likely N-dealkylation sites (tertiary alicyclic amines) is 1. The third-order valence-corrected chi connectivity index (χ3v) is 2.56. The fourth-order valence-electron chi connectivity index (χ4n) is 1.72. The number of ether oxygens (including phenoxy) is 1. The van der Waals surface area contributed by atoms with Gasteiger partial charge in [-0.2, -0.15) is 12.6 Å². The first-order valence-electron chi connectivity index (χ1n) is 4.18. The first-order valence-corrected chi connectivity index (χ1v) is 4.70. The van der Waals surface area contributed by atoms with Crippen LogP contribution in [0.5, 0.6) is 0 Å². The molecular weight excluding hydrogens is 158 g/mol. The molecule has 3 heteroatoms. The Labute approximate surface area is 74.3 Å². The predicted molar refractivity (Wildman–Crippen MR) is 50.1 cm³/mol. The molecule has 0 saturated carbocycles. The zero-order chi connectivity index (χ0) is 8.27. The molecule has 2 nitrogen and oxygen atoms in total. The first-order chi connectivity index (χ1) is 5.25. The lowest BCUT2D eigenvalue weighted by Gasteiger charge is -2.26. The van der Waals surface area contributed by atoms with Crippen molar-refractivity contribution in [2.75, 3.05) is 20.3 Å². The van der Waals surface area contributed by atoms with Crippen LogP contribution in [0.15, 0.2) is 0 Å². The standard InChI is InChI=1S/C8H17NOS/c1-7(11)9-5-3-4-8(9)6-10-2/h7-8,11H,3-6H2,1-2H3/t7-,8-/m0/s1. The molecule has 0 spiro atoms. The second-order valence-corrected chi connectivity index (χ2v) is 3.87. The zero-order valence-corrected chi connectivity index (χ0v) is 8.18. The maximum atomic E-state index is 5.13. The first kappa shape index (κ1) is 9.36. The van der Waals surface area contributed by atoms with Crippen molar-refractivity contribution < 1.29 is 4.74 Å². The Bertz CT molecular complexity index is 119. The highest BCUT2D eigenvalue weighted by Gasteiger charge is 2.26. The van der Waals surface area contributed by atoms with Crippen LogP contribution in [-0.2, 0) is 4.74 Å². The van der Waals surface area contributed by atoms with E-state index >= 15 is 0 Å². The number of thiol groups is 1. The van der Waals surface area contributed by atoms with Gasteiger partial charge in [-0.3, -0.25) is 4.90 Å². The van der Waals surface area contributed by atoms with Gasteiger partial charge in [-0.05, 0) is 26.3 Å². The van der Waals surface area contributed by atoms with Gasteiger partial charge in [0.05, 0.1) is 12.0 Å². The van der Waals surface area contributed by atoms with Crippen LogP contribution < -0.4 is 0 Å². The van der Waals surface area contributed by atoms with Crippen molar-refractivity contribution in [2.24, 2.45) is 0 Å². The number of nitrogens with zero attached hydrogens (tertiary/aromatic N) is 1. The molecule has 0 aromatic heterocycles. The fraction of sp³-hybridized carbons (Fsp3) is 1.00. The Morgan fingerprint density at radius 2 is 2.45 bits per heavy atom. The molecule has 0 amide bonds. The lowest BCUT2D eigenvalue weighted by Crippen LogP contribution is -2.36. The summed E-state index contributed by atoms with van der Waals surface area (Å²) >= 11 is 4.42. The number of methoxy groups -OCH3 is 1. The summed E-state index contributed by atoms with van der Waals surface area (Å²) in [5, 5.41) is 0.373. The minimum absolute atomic E-state index is 0.373. The molecule has 2 atom stereocenters. The van der Waals surface area contributed by atoms with E-state index in [0.29, 0.717) is 11.4 Å². The summed E-state index contributed by atoms with van der Waals surface area (Å²) in [6, 6.07) is 0.604. The smallest absolute Gasteiger partial charge is 0.0618 e.